The number of esters is 1. The summed E-state index contributed by atoms with van der Waals surface area (Å²) in [6, 6.07) is 9.73. The molecule has 2 N–H and O–H groups in total. The first-order valence-corrected chi connectivity index (χ1v) is 8.14. The van der Waals surface area contributed by atoms with Gasteiger partial charge in [-0.15, -0.1) is 0 Å². The molecular formula is C18H17N5O3. The molecule has 4 rings (SSSR count). The molecule has 1 unspecified atom stereocenters. The van der Waals surface area contributed by atoms with Crippen LogP contribution in [0.5, 0.6) is 0 Å². The van der Waals surface area contributed by atoms with Gasteiger partial charge in [0.25, 0.3) is 0 Å². The van der Waals surface area contributed by atoms with E-state index in [1.807, 2.05) is 30.3 Å². The number of hydrogen-bond donors (Lipinski definition) is 2. The average Bonchev–Trinajstić information content (AvgIpc) is 3.27. The van der Waals surface area contributed by atoms with Crippen molar-refractivity contribution in [3.05, 3.63) is 53.3 Å². The maximum absolute atomic E-state index is 12.3. The lowest BCUT2D eigenvalue weighted by Gasteiger charge is -2.23. The van der Waals surface area contributed by atoms with Gasteiger partial charge < -0.3 is 10.1 Å². The van der Waals surface area contributed by atoms with E-state index in [4.69, 9.17) is 4.74 Å². The number of H-pyrrole nitrogens is 1. The molecule has 3 heterocycles. The number of benzene rings is 1. The topological polar surface area (TPSA) is 102 Å². The first-order chi connectivity index (χ1) is 12.6. The molecule has 0 spiro atoms. The normalized spacial score (nSPS) is 16.1. The molecule has 0 aliphatic carbocycles. The highest BCUT2D eigenvalue weighted by Crippen LogP contribution is 2.43. The molecule has 1 aliphatic heterocycles. The van der Waals surface area contributed by atoms with Gasteiger partial charge in [-0.2, -0.15) is 10.2 Å². The van der Waals surface area contributed by atoms with E-state index < -0.39 is 5.97 Å². The third kappa shape index (κ3) is 2.46. The Bertz CT molecular complexity index is 990. The number of carbonyl (C=O) groups is 2. The van der Waals surface area contributed by atoms with Crippen molar-refractivity contribution in [3.63, 3.8) is 0 Å². The molecule has 0 saturated heterocycles. The van der Waals surface area contributed by atoms with Crippen molar-refractivity contribution in [2.24, 2.45) is 7.05 Å². The number of amides is 1. The van der Waals surface area contributed by atoms with Crippen LogP contribution in [0.1, 0.15) is 34.0 Å². The molecule has 0 bridgehead atoms. The number of aromatic amines is 1. The fraction of sp³-hybridized carbons (Fsp3) is 0.222. The van der Waals surface area contributed by atoms with Gasteiger partial charge in [0, 0.05) is 36.1 Å². The van der Waals surface area contributed by atoms with Crippen LogP contribution in [0, 0.1) is 0 Å². The minimum atomic E-state index is -0.518. The van der Waals surface area contributed by atoms with E-state index in [2.05, 4.69) is 20.6 Å². The van der Waals surface area contributed by atoms with Crippen molar-refractivity contribution in [2.45, 2.75) is 12.3 Å². The Labute approximate surface area is 149 Å². The van der Waals surface area contributed by atoms with E-state index >= 15 is 0 Å². The molecule has 1 aromatic carbocycles. The van der Waals surface area contributed by atoms with E-state index in [1.165, 1.54) is 7.11 Å². The largest absolute Gasteiger partial charge is 0.464 e. The van der Waals surface area contributed by atoms with Crippen LogP contribution in [0.2, 0.25) is 0 Å². The highest BCUT2D eigenvalue weighted by molar-refractivity contribution is 5.97. The number of nitrogens with zero attached hydrogens (tertiary/aromatic N) is 3. The van der Waals surface area contributed by atoms with E-state index in [-0.39, 0.29) is 23.9 Å². The van der Waals surface area contributed by atoms with Crippen LogP contribution in [0.4, 0.5) is 5.82 Å². The lowest BCUT2D eigenvalue weighted by molar-refractivity contribution is -0.116. The molecule has 2 aromatic heterocycles. The number of hydrogen-bond acceptors (Lipinski definition) is 5. The third-order valence-corrected chi connectivity index (χ3v) is 4.56. The third-order valence-electron chi connectivity index (χ3n) is 4.56. The summed E-state index contributed by atoms with van der Waals surface area (Å²) in [5.74, 6) is -0.380. The monoisotopic (exact) mass is 351 g/mol. The Morgan fingerprint density at radius 3 is 2.81 bits per heavy atom. The Morgan fingerprint density at radius 1 is 1.31 bits per heavy atom. The molecule has 3 aromatic rings. The number of nitrogens with one attached hydrogen (secondary N) is 2. The zero-order valence-electron chi connectivity index (χ0n) is 14.3. The van der Waals surface area contributed by atoms with Crippen molar-refractivity contribution < 1.29 is 14.3 Å². The second-order valence-electron chi connectivity index (χ2n) is 6.10. The van der Waals surface area contributed by atoms with Crippen LogP contribution in [0.3, 0.4) is 0 Å². The van der Waals surface area contributed by atoms with Crippen LogP contribution in [-0.2, 0) is 16.6 Å². The van der Waals surface area contributed by atoms with Crippen LogP contribution in [0.15, 0.2) is 36.5 Å². The number of rotatable bonds is 3. The maximum Gasteiger partial charge on any atom is 0.356 e. The predicted octanol–water partition coefficient (Wildman–Crippen LogP) is 2.07. The van der Waals surface area contributed by atoms with Crippen molar-refractivity contribution in [3.8, 4) is 11.3 Å². The molecule has 1 atom stereocenters. The average molecular weight is 351 g/mol. The highest BCUT2D eigenvalue weighted by atomic mass is 16.5. The molecule has 8 nitrogen and oxygen atoms in total. The van der Waals surface area contributed by atoms with Crippen LogP contribution in [0.25, 0.3) is 11.3 Å². The predicted molar refractivity (Wildman–Crippen MR) is 93.7 cm³/mol. The van der Waals surface area contributed by atoms with Gasteiger partial charge in [0.2, 0.25) is 5.91 Å². The molecule has 132 valence electrons. The first kappa shape index (κ1) is 16.1. The Morgan fingerprint density at radius 2 is 2.08 bits per heavy atom. The lowest BCUT2D eigenvalue weighted by Crippen LogP contribution is -2.25. The molecule has 26 heavy (non-hydrogen) atoms. The number of fused-ring (bicyclic) bond motifs is 1. The van der Waals surface area contributed by atoms with E-state index in [1.54, 1.807) is 17.9 Å². The smallest absolute Gasteiger partial charge is 0.356 e. The minimum absolute atomic E-state index is 0.137. The number of aryl methyl sites for hydroxylation is 1. The lowest BCUT2D eigenvalue weighted by atomic mass is 9.84. The highest BCUT2D eigenvalue weighted by Gasteiger charge is 2.36. The molecule has 0 saturated carbocycles. The number of aromatic nitrogens is 4. The fourth-order valence-corrected chi connectivity index (χ4v) is 3.39. The van der Waals surface area contributed by atoms with Gasteiger partial charge in [-0.1, -0.05) is 30.3 Å². The Kier molecular flexibility index (Phi) is 3.80. The van der Waals surface area contributed by atoms with Gasteiger partial charge in [0.05, 0.1) is 19.0 Å². The molecular weight excluding hydrogens is 334 g/mol. The van der Waals surface area contributed by atoms with Crippen LogP contribution in [-0.4, -0.2) is 39.0 Å². The summed E-state index contributed by atoms with van der Waals surface area (Å²) in [6.07, 6.45) is 1.77. The Balaban J connectivity index is 1.92. The van der Waals surface area contributed by atoms with Crippen molar-refractivity contribution in [1.82, 2.24) is 20.0 Å². The van der Waals surface area contributed by atoms with E-state index in [9.17, 15) is 9.59 Å². The summed E-state index contributed by atoms with van der Waals surface area (Å²) in [7, 11) is 3.09. The first-order valence-electron chi connectivity index (χ1n) is 8.14. The van der Waals surface area contributed by atoms with Gasteiger partial charge in [0.15, 0.2) is 0 Å². The number of ether oxygens (including phenoxy) is 1. The van der Waals surface area contributed by atoms with Gasteiger partial charge in [0.1, 0.15) is 11.5 Å². The van der Waals surface area contributed by atoms with Crippen molar-refractivity contribution >= 4 is 17.7 Å². The van der Waals surface area contributed by atoms with Gasteiger partial charge >= 0.3 is 5.97 Å². The quantitative estimate of drug-likeness (QED) is 0.703. The number of methoxy groups -OCH3 is 1. The standard InChI is InChI=1S/C18H17N5O3/c1-23-17-14(15(22-23)10-6-4-3-5-7-10)11(8-13(24)20-17)12-9-19-21-16(12)18(25)26-2/h3-7,9,11H,8H2,1-2H3,(H,19,21)(H,20,24). The summed E-state index contributed by atoms with van der Waals surface area (Å²) >= 11 is 0. The summed E-state index contributed by atoms with van der Waals surface area (Å²) in [5.41, 5.74) is 3.45. The molecule has 0 radical (unpaired) electrons. The molecule has 1 amide bonds. The van der Waals surface area contributed by atoms with Gasteiger partial charge in [-0.05, 0) is 0 Å². The number of carbonyl (C=O) groups excluding carboxylic acids is 2. The van der Waals surface area contributed by atoms with Crippen LogP contribution < -0.4 is 5.32 Å². The summed E-state index contributed by atoms with van der Waals surface area (Å²) in [4.78, 5) is 24.4. The summed E-state index contributed by atoms with van der Waals surface area (Å²) in [6.45, 7) is 0. The molecule has 0 fully saturated rings. The van der Waals surface area contributed by atoms with Crippen LogP contribution >= 0.6 is 0 Å². The number of anilines is 1. The second-order valence-corrected chi connectivity index (χ2v) is 6.10. The van der Waals surface area contributed by atoms with E-state index in [0.717, 1.165) is 16.8 Å². The zero-order valence-corrected chi connectivity index (χ0v) is 14.3. The maximum atomic E-state index is 12.3. The molecule has 8 heteroatoms. The summed E-state index contributed by atoms with van der Waals surface area (Å²) < 4.78 is 6.48. The van der Waals surface area contributed by atoms with E-state index in [0.29, 0.717) is 11.4 Å². The van der Waals surface area contributed by atoms with Gasteiger partial charge in [-0.25, -0.2) is 4.79 Å². The zero-order chi connectivity index (χ0) is 18.3. The summed E-state index contributed by atoms with van der Waals surface area (Å²) in [5, 5.41) is 14.2. The van der Waals surface area contributed by atoms with Crippen molar-refractivity contribution in [1.29, 1.82) is 0 Å². The van der Waals surface area contributed by atoms with Gasteiger partial charge in [-0.3, -0.25) is 14.6 Å². The molecule has 1 aliphatic rings. The SMILES string of the molecule is COC(=O)c1[nH]ncc1C1CC(=O)Nc2c1c(-c1ccccc1)nn2C. The fourth-order valence-electron chi connectivity index (χ4n) is 3.39. The minimum Gasteiger partial charge on any atom is -0.464 e. The second kappa shape index (κ2) is 6.14. The Hall–Kier alpha value is -3.42. The van der Waals surface area contributed by atoms with Crippen molar-refractivity contribution in [2.75, 3.05) is 12.4 Å².